The summed E-state index contributed by atoms with van der Waals surface area (Å²) < 4.78 is 4.84. The summed E-state index contributed by atoms with van der Waals surface area (Å²) in [4.78, 5) is 48.0. The van der Waals surface area contributed by atoms with Gasteiger partial charge in [-0.3, -0.25) is 9.59 Å². The van der Waals surface area contributed by atoms with Gasteiger partial charge in [-0.2, -0.15) is 0 Å². The van der Waals surface area contributed by atoms with Gasteiger partial charge in [-0.1, -0.05) is 50.5 Å². The summed E-state index contributed by atoms with van der Waals surface area (Å²) in [6, 6.07) is 0. The standard InChI is InChI=1S/C25H38O8/c1-4-6-10-14-24(3,32)16-13-18-17-19(22(28)29)21(27)25(18,23(30)31)15-11-8-7-9-12-20(26)33-5-2/h8,11,13,16,18-19,32H,4-7,9-10,12,14-15,17H2,1-3H3,(H,28,29)(H,30,31)/p-2/t18-,19-,24?,25?/m0/s1. The van der Waals surface area contributed by atoms with E-state index in [1.165, 1.54) is 18.2 Å². The molecule has 0 aromatic heterocycles. The fourth-order valence-electron chi connectivity index (χ4n) is 4.21. The lowest BCUT2D eigenvalue weighted by atomic mass is 9.73. The van der Waals surface area contributed by atoms with Gasteiger partial charge < -0.3 is 29.6 Å². The van der Waals surface area contributed by atoms with Gasteiger partial charge in [-0.15, -0.1) is 0 Å². The van der Waals surface area contributed by atoms with Gasteiger partial charge in [0.1, 0.15) is 0 Å². The van der Waals surface area contributed by atoms with Gasteiger partial charge in [-0.25, -0.2) is 0 Å². The second kappa shape index (κ2) is 13.3. The highest BCUT2D eigenvalue weighted by Crippen LogP contribution is 2.47. The smallest absolute Gasteiger partial charge is 0.305 e. The van der Waals surface area contributed by atoms with Crippen LogP contribution in [0.4, 0.5) is 0 Å². The number of hydrogen-bond donors (Lipinski definition) is 1. The summed E-state index contributed by atoms with van der Waals surface area (Å²) in [6.45, 7) is 5.64. The number of aliphatic hydroxyl groups is 1. The van der Waals surface area contributed by atoms with E-state index in [9.17, 15) is 34.5 Å². The Morgan fingerprint density at radius 3 is 2.45 bits per heavy atom. The Morgan fingerprint density at radius 2 is 1.88 bits per heavy atom. The molecule has 8 nitrogen and oxygen atoms in total. The minimum absolute atomic E-state index is 0.216. The van der Waals surface area contributed by atoms with Crippen molar-refractivity contribution >= 4 is 23.7 Å². The van der Waals surface area contributed by atoms with E-state index in [2.05, 4.69) is 0 Å². The van der Waals surface area contributed by atoms with E-state index in [0.717, 1.165) is 19.3 Å². The SMILES string of the molecule is CCCCCC(C)(O)C=C[C@H]1C[C@H](C(=O)[O-])C(=O)C1(CC=CCCCC(=O)OCC)C(=O)[O-]. The Labute approximate surface area is 195 Å². The Kier molecular flexibility index (Phi) is 11.5. The molecule has 1 aliphatic carbocycles. The average Bonchev–Trinajstić information content (AvgIpc) is 3.02. The molecule has 4 atom stereocenters. The lowest BCUT2D eigenvalue weighted by molar-refractivity contribution is -0.317. The van der Waals surface area contributed by atoms with Gasteiger partial charge in [0, 0.05) is 6.42 Å². The first-order valence-corrected chi connectivity index (χ1v) is 11.7. The molecule has 1 fully saturated rings. The predicted molar refractivity (Wildman–Crippen MR) is 117 cm³/mol. The molecule has 0 aromatic rings. The molecule has 0 heterocycles. The van der Waals surface area contributed by atoms with Crippen LogP contribution < -0.4 is 10.2 Å². The summed E-state index contributed by atoms with van der Waals surface area (Å²) >= 11 is 0. The molecule has 33 heavy (non-hydrogen) atoms. The van der Waals surface area contributed by atoms with E-state index in [1.54, 1.807) is 19.9 Å². The van der Waals surface area contributed by atoms with Crippen LogP contribution in [-0.2, 0) is 23.9 Å². The average molecular weight is 465 g/mol. The largest absolute Gasteiger partial charge is 0.549 e. The van der Waals surface area contributed by atoms with E-state index in [0.29, 0.717) is 25.9 Å². The molecule has 1 N–H and O–H groups in total. The zero-order valence-electron chi connectivity index (χ0n) is 19.8. The van der Waals surface area contributed by atoms with Crippen molar-refractivity contribution in [2.45, 2.75) is 84.2 Å². The van der Waals surface area contributed by atoms with E-state index in [1.807, 2.05) is 6.92 Å². The van der Waals surface area contributed by atoms with Crippen LogP contribution in [-0.4, -0.2) is 41.0 Å². The van der Waals surface area contributed by atoms with Crippen molar-refractivity contribution in [3.8, 4) is 0 Å². The van der Waals surface area contributed by atoms with Gasteiger partial charge in [0.25, 0.3) is 0 Å². The van der Waals surface area contributed by atoms with Crippen molar-refractivity contribution in [1.29, 1.82) is 0 Å². The van der Waals surface area contributed by atoms with Crippen LogP contribution in [0.2, 0.25) is 0 Å². The third kappa shape index (κ3) is 8.11. The van der Waals surface area contributed by atoms with Crippen molar-refractivity contribution < 1.29 is 39.2 Å². The van der Waals surface area contributed by atoms with E-state index < -0.39 is 40.6 Å². The number of carboxylic acids is 2. The van der Waals surface area contributed by atoms with E-state index in [-0.39, 0.29) is 25.2 Å². The van der Waals surface area contributed by atoms with E-state index >= 15 is 0 Å². The molecule has 0 aromatic carbocycles. The maximum absolute atomic E-state index is 12.9. The zero-order chi connectivity index (χ0) is 25.1. The second-order valence-electron chi connectivity index (χ2n) is 8.88. The number of ether oxygens (including phenoxy) is 1. The van der Waals surface area contributed by atoms with Crippen molar-refractivity contribution in [3.05, 3.63) is 24.3 Å². The minimum Gasteiger partial charge on any atom is -0.549 e. The van der Waals surface area contributed by atoms with Crippen molar-refractivity contribution in [2.75, 3.05) is 6.61 Å². The molecule has 1 aliphatic rings. The van der Waals surface area contributed by atoms with Crippen LogP contribution in [0.1, 0.15) is 78.6 Å². The highest BCUT2D eigenvalue weighted by Gasteiger charge is 2.54. The number of hydrogen-bond acceptors (Lipinski definition) is 8. The van der Waals surface area contributed by atoms with Crippen LogP contribution in [0, 0.1) is 17.3 Å². The summed E-state index contributed by atoms with van der Waals surface area (Å²) in [5, 5.41) is 34.3. The molecule has 0 amide bonds. The molecule has 1 rings (SSSR count). The first-order chi connectivity index (χ1) is 15.5. The summed E-state index contributed by atoms with van der Waals surface area (Å²) in [7, 11) is 0. The lowest BCUT2D eigenvalue weighted by Gasteiger charge is -2.33. The third-order valence-corrected chi connectivity index (χ3v) is 6.17. The lowest BCUT2D eigenvalue weighted by Crippen LogP contribution is -2.50. The molecule has 186 valence electrons. The maximum Gasteiger partial charge on any atom is 0.305 e. The Hall–Kier alpha value is -2.48. The van der Waals surface area contributed by atoms with Crippen molar-refractivity contribution in [1.82, 2.24) is 0 Å². The van der Waals surface area contributed by atoms with Gasteiger partial charge in [0.05, 0.1) is 35.5 Å². The number of Topliss-reactive ketones (excluding diaryl/α,β-unsaturated/α-hetero) is 1. The topological polar surface area (TPSA) is 144 Å². The molecular weight excluding hydrogens is 428 g/mol. The molecule has 1 saturated carbocycles. The fraction of sp³-hybridized carbons (Fsp3) is 0.680. The van der Waals surface area contributed by atoms with Crippen molar-refractivity contribution in [3.63, 3.8) is 0 Å². The highest BCUT2D eigenvalue weighted by atomic mass is 16.5. The van der Waals surface area contributed by atoms with Gasteiger partial charge in [0.2, 0.25) is 0 Å². The molecular formula is C25H36O8-2. The second-order valence-corrected chi connectivity index (χ2v) is 8.88. The molecule has 0 spiro atoms. The van der Waals surface area contributed by atoms with Gasteiger partial charge >= 0.3 is 5.97 Å². The quantitative estimate of drug-likeness (QED) is 0.165. The predicted octanol–water partition coefficient (Wildman–Crippen LogP) is 1.25. The molecule has 0 saturated heterocycles. The fourth-order valence-corrected chi connectivity index (χ4v) is 4.21. The van der Waals surface area contributed by atoms with Crippen LogP contribution in [0.3, 0.4) is 0 Å². The number of esters is 1. The third-order valence-electron chi connectivity index (χ3n) is 6.17. The highest BCUT2D eigenvalue weighted by molar-refractivity contribution is 6.12. The first kappa shape index (κ1) is 28.6. The first-order valence-electron chi connectivity index (χ1n) is 11.7. The van der Waals surface area contributed by atoms with E-state index in [4.69, 9.17) is 4.74 Å². The van der Waals surface area contributed by atoms with Crippen LogP contribution in [0.25, 0.3) is 0 Å². The Balaban J connectivity index is 3.02. The van der Waals surface area contributed by atoms with Gasteiger partial charge in [-0.05, 0) is 51.9 Å². The monoisotopic (exact) mass is 464 g/mol. The number of ketones is 1. The molecule has 2 unspecified atom stereocenters. The van der Waals surface area contributed by atoms with Crippen LogP contribution >= 0.6 is 0 Å². The number of rotatable bonds is 15. The molecule has 8 heteroatoms. The van der Waals surface area contributed by atoms with Crippen molar-refractivity contribution in [2.24, 2.45) is 17.3 Å². The minimum atomic E-state index is -2.06. The summed E-state index contributed by atoms with van der Waals surface area (Å²) in [5.41, 5.74) is -3.27. The van der Waals surface area contributed by atoms with Crippen LogP contribution in [0.15, 0.2) is 24.3 Å². The molecule has 0 aliphatic heterocycles. The zero-order valence-corrected chi connectivity index (χ0v) is 19.8. The number of carbonyl (C=O) groups excluding carboxylic acids is 4. The number of carbonyl (C=O) groups is 4. The van der Waals surface area contributed by atoms with Gasteiger partial charge in [0.15, 0.2) is 5.78 Å². The normalized spacial score (nSPS) is 24.9. The van der Waals surface area contributed by atoms with Crippen LogP contribution in [0.5, 0.6) is 0 Å². The molecule has 0 radical (unpaired) electrons. The maximum atomic E-state index is 12.9. The Morgan fingerprint density at radius 1 is 1.18 bits per heavy atom. The molecule has 0 bridgehead atoms. The number of aliphatic carboxylic acids is 2. The number of allylic oxidation sites excluding steroid dienone is 3. The number of carboxylic acid groups (broad SMARTS) is 2. The number of unbranched alkanes of at least 4 members (excludes halogenated alkanes) is 3. The Bertz CT molecular complexity index is 752. The summed E-state index contributed by atoms with van der Waals surface area (Å²) in [5.74, 6) is -7.04. The summed E-state index contributed by atoms with van der Waals surface area (Å²) in [6.07, 6.45) is 9.91.